The van der Waals surface area contributed by atoms with Gasteiger partial charge in [0.2, 0.25) is 5.91 Å². The van der Waals surface area contributed by atoms with Crippen LogP contribution in [-0.2, 0) is 14.3 Å². The second-order valence-corrected chi connectivity index (χ2v) is 4.03. The molecule has 0 aliphatic carbocycles. The van der Waals surface area contributed by atoms with E-state index in [1.54, 1.807) is 6.92 Å². The van der Waals surface area contributed by atoms with Gasteiger partial charge in [-0.25, -0.2) is 0 Å². The highest BCUT2D eigenvalue weighted by Gasteiger charge is 2.11. The number of carbonyl (C=O) groups is 2. The quantitative estimate of drug-likeness (QED) is 0.465. The second-order valence-electron chi connectivity index (χ2n) is 4.03. The SMILES string of the molecule is CCOC(=O)CCCNC(=O)C(C)CCCN. The number of amides is 1. The largest absolute Gasteiger partial charge is 0.466 e. The third-order valence-corrected chi connectivity index (χ3v) is 2.45. The van der Waals surface area contributed by atoms with Crippen LogP contribution in [0.25, 0.3) is 0 Å². The van der Waals surface area contributed by atoms with Gasteiger partial charge in [-0.15, -0.1) is 0 Å². The number of hydrogen-bond donors (Lipinski definition) is 2. The molecule has 0 fully saturated rings. The number of ether oxygens (including phenoxy) is 1. The molecule has 0 aliphatic heterocycles. The summed E-state index contributed by atoms with van der Waals surface area (Å²) in [5.41, 5.74) is 5.38. The predicted octanol–water partition coefficient (Wildman–Crippen LogP) is 0.821. The Balaban J connectivity index is 3.53. The van der Waals surface area contributed by atoms with E-state index in [2.05, 4.69) is 5.32 Å². The van der Waals surface area contributed by atoms with Crippen molar-refractivity contribution >= 4 is 11.9 Å². The summed E-state index contributed by atoms with van der Waals surface area (Å²) >= 11 is 0. The molecule has 100 valence electrons. The van der Waals surface area contributed by atoms with Crippen LogP contribution in [0.2, 0.25) is 0 Å². The van der Waals surface area contributed by atoms with E-state index in [1.165, 1.54) is 0 Å². The molecule has 5 nitrogen and oxygen atoms in total. The number of nitrogens with two attached hydrogens (primary N) is 1. The van der Waals surface area contributed by atoms with Crippen molar-refractivity contribution in [1.82, 2.24) is 5.32 Å². The van der Waals surface area contributed by atoms with Gasteiger partial charge in [0, 0.05) is 18.9 Å². The fraction of sp³-hybridized carbons (Fsp3) is 0.833. The molecule has 0 aromatic heterocycles. The van der Waals surface area contributed by atoms with Crippen LogP contribution in [0.3, 0.4) is 0 Å². The van der Waals surface area contributed by atoms with Crippen LogP contribution in [-0.4, -0.2) is 31.6 Å². The lowest BCUT2D eigenvalue weighted by Gasteiger charge is -2.11. The Hall–Kier alpha value is -1.10. The summed E-state index contributed by atoms with van der Waals surface area (Å²) in [6.45, 7) is 5.20. The molecule has 0 bridgehead atoms. The minimum absolute atomic E-state index is 0.0128. The van der Waals surface area contributed by atoms with E-state index in [1.807, 2.05) is 6.92 Å². The maximum atomic E-state index is 11.6. The fourth-order valence-electron chi connectivity index (χ4n) is 1.41. The van der Waals surface area contributed by atoms with Crippen LogP contribution >= 0.6 is 0 Å². The molecule has 0 spiro atoms. The zero-order chi connectivity index (χ0) is 13.1. The van der Waals surface area contributed by atoms with Crippen molar-refractivity contribution in [3.8, 4) is 0 Å². The molecule has 0 rings (SSSR count). The van der Waals surface area contributed by atoms with Gasteiger partial charge >= 0.3 is 5.97 Å². The molecule has 0 aromatic rings. The molecular formula is C12H24N2O3. The zero-order valence-electron chi connectivity index (χ0n) is 10.8. The summed E-state index contributed by atoms with van der Waals surface area (Å²) in [5, 5.41) is 2.80. The third-order valence-electron chi connectivity index (χ3n) is 2.45. The zero-order valence-corrected chi connectivity index (χ0v) is 10.8. The van der Waals surface area contributed by atoms with Crippen molar-refractivity contribution in [2.24, 2.45) is 11.7 Å². The first-order valence-electron chi connectivity index (χ1n) is 6.25. The first-order chi connectivity index (χ1) is 8.11. The number of esters is 1. The molecule has 0 radical (unpaired) electrons. The van der Waals surface area contributed by atoms with Gasteiger partial charge in [0.15, 0.2) is 0 Å². The smallest absolute Gasteiger partial charge is 0.305 e. The highest BCUT2D eigenvalue weighted by Crippen LogP contribution is 2.04. The van der Waals surface area contributed by atoms with Crippen molar-refractivity contribution in [3.63, 3.8) is 0 Å². The molecule has 1 atom stereocenters. The lowest BCUT2D eigenvalue weighted by molar-refractivity contribution is -0.143. The molecular weight excluding hydrogens is 220 g/mol. The molecule has 0 saturated heterocycles. The fourth-order valence-corrected chi connectivity index (χ4v) is 1.41. The van der Waals surface area contributed by atoms with Gasteiger partial charge in [-0.1, -0.05) is 6.92 Å². The molecule has 0 heterocycles. The predicted molar refractivity (Wildman–Crippen MR) is 66.3 cm³/mol. The Kier molecular flexibility index (Phi) is 9.43. The van der Waals surface area contributed by atoms with Gasteiger partial charge in [-0.3, -0.25) is 9.59 Å². The number of carbonyl (C=O) groups excluding carboxylic acids is 2. The summed E-state index contributed by atoms with van der Waals surface area (Å²) in [6.07, 6.45) is 2.64. The molecule has 1 amide bonds. The van der Waals surface area contributed by atoms with Crippen LogP contribution in [0.4, 0.5) is 0 Å². The van der Waals surface area contributed by atoms with Crippen LogP contribution in [0.1, 0.15) is 39.5 Å². The summed E-state index contributed by atoms with van der Waals surface area (Å²) in [7, 11) is 0. The van der Waals surface area contributed by atoms with Crippen molar-refractivity contribution in [3.05, 3.63) is 0 Å². The summed E-state index contributed by atoms with van der Waals surface area (Å²) in [6, 6.07) is 0. The van der Waals surface area contributed by atoms with E-state index in [0.717, 1.165) is 12.8 Å². The molecule has 0 aliphatic rings. The highest BCUT2D eigenvalue weighted by atomic mass is 16.5. The minimum atomic E-state index is -0.210. The van der Waals surface area contributed by atoms with E-state index >= 15 is 0 Å². The van der Waals surface area contributed by atoms with Crippen LogP contribution in [0.5, 0.6) is 0 Å². The monoisotopic (exact) mass is 244 g/mol. The molecule has 3 N–H and O–H groups in total. The maximum absolute atomic E-state index is 11.6. The molecule has 0 saturated carbocycles. The van der Waals surface area contributed by atoms with E-state index < -0.39 is 0 Å². The number of hydrogen-bond acceptors (Lipinski definition) is 4. The molecule has 1 unspecified atom stereocenters. The van der Waals surface area contributed by atoms with E-state index in [-0.39, 0.29) is 17.8 Å². The van der Waals surface area contributed by atoms with Gasteiger partial charge < -0.3 is 15.8 Å². The van der Waals surface area contributed by atoms with E-state index in [0.29, 0.717) is 32.5 Å². The Morgan fingerprint density at radius 3 is 2.65 bits per heavy atom. The van der Waals surface area contributed by atoms with Gasteiger partial charge in [0.25, 0.3) is 0 Å². The third kappa shape index (κ3) is 8.68. The van der Waals surface area contributed by atoms with E-state index in [4.69, 9.17) is 10.5 Å². The first kappa shape index (κ1) is 15.9. The van der Waals surface area contributed by atoms with Crippen LogP contribution in [0, 0.1) is 5.92 Å². The Morgan fingerprint density at radius 1 is 1.35 bits per heavy atom. The van der Waals surface area contributed by atoms with Crippen molar-refractivity contribution in [2.75, 3.05) is 19.7 Å². The van der Waals surface area contributed by atoms with Crippen LogP contribution < -0.4 is 11.1 Å². The molecule has 17 heavy (non-hydrogen) atoms. The first-order valence-corrected chi connectivity index (χ1v) is 6.25. The molecule has 5 heteroatoms. The van der Waals surface area contributed by atoms with Crippen molar-refractivity contribution in [2.45, 2.75) is 39.5 Å². The van der Waals surface area contributed by atoms with E-state index in [9.17, 15) is 9.59 Å². The Bertz CT molecular complexity index is 232. The second kappa shape index (κ2) is 10.1. The van der Waals surface area contributed by atoms with Crippen molar-refractivity contribution in [1.29, 1.82) is 0 Å². The van der Waals surface area contributed by atoms with Gasteiger partial charge in [-0.2, -0.15) is 0 Å². The lowest BCUT2D eigenvalue weighted by Crippen LogP contribution is -2.30. The topological polar surface area (TPSA) is 81.4 Å². The number of rotatable bonds is 9. The highest BCUT2D eigenvalue weighted by molar-refractivity contribution is 5.78. The Labute approximate surface area is 103 Å². The van der Waals surface area contributed by atoms with Gasteiger partial charge in [0.05, 0.1) is 6.61 Å². The average molecular weight is 244 g/mol. The maximum Gasteiger partial charge on any atom is 0.305 e. The Morgan fingerprint density at radius 2 is 2.06 bits per heavy atom. The average Bonchev–Trinajstić information content (AvgIpc) is 2.31. The normalized spacial score (nSPS) is 11.9. The van der Waals surface area contributed by atoms with Gasteiger partial charge in [-0.05, 0) is 32.7 Å². The lowest BCUT2D eigenvalue weighted by atomic mass is 10.0. The number of nitrogens with one attached hydrogen (secondary N) is 1. The molecule has 0 aromatic carbocycles. The summed E-state index contributed by atoms with van der Waals surface area (Å²) < 4.78 is 4.78. The summed E-state index contributed by atoms with van der Waals surface area (Å²) in [4.78, 5) is 22.6. The van der Waals surface area contributed by atoms with Crippen LogP contribution in [0.15, 0.2) is 0 Å². The summed E-state index contributed by atoms with van der Waals surface area (Å²) in [5.74, 6) is -0.193. The minimum Gasteiger partial charge on any atom is -0.466 e. The standard InChI is InChI=1S/C12H24N2O3/c1-3-17-11(15)7-5-9-14-12(16)10(2)6-4-8-13/h10H,3-9,13H2,1-2H3,(H,14,16). The van der Waals surface area contributed by atoms with Gasteiger partial charge in [0.1, 0.15) is 0 Å². The van der Waals surface area contributed by atoms with Crippen molar-refractivity contribution < 1.29 is 14.3 Å².